The van der Waals surface area contributed by atoms with Gasteiger partial charge in [0.1, 0.15) is 0 Å². The molecule has 0 aliphatic heterocycles. The summed E-state index contributed by atoms with van der Waals surface area (Å²) >= 11 is 11.2. The zero-order chi connectivity index (χ0) is 17.5. The fraction of sp³-hybridized carbons (Fsp3) is 0.200. The summed E-state index contributed by atoms with van der Waals surface area (Å²) in [4.78, 5) is 0. The van der Waals surface area contributed by atoms with Crippen LogP contribution in [0.15, 0.2) is 48.5 Å². The van der Waals surface area contributed by atoms with Gasteiger partial charge in [-0.25, -0.2) is 0 Å². The van der Waals surface area contributed by atoms with Crippen molar-refractivity contribution in [3.8, 4) is 0 Å². The Morgan fingerprint density at radius 3 is 1.22 bits per heavy atom. The summed E-state index contributed by atoms with van der Waals surface area (Å²) in [6.07, 6.45) is -5.97. The van der Waals surface area contributed by atoms with E-state index in [0.29, 0.717) is 0 Å². The van der Waals surface area contributed by atoms with Crippen molar-refractivity contribution in [2.45, 2.75) is 17.7 Å². The Labute approximate surface area is 138 Å². The Bertz CT molecular complexity index is 635. The van der Waals surface area contributed by atoms with Crippen LogP contribution in [0.4, 0.5) is 22.0 Å². The molecule has 0 radical (unpaired) electrons. The molecule has 0 spiro atoms. The second-order valence-electron chi connectivity index (χ2n) is 4.80. The van der Waals surface area contributed by atoms with Gasteiger partial charge in [-0.3, -0.25) is 0 Å². The summed E-state index contributed by atoms with van der Waals surface area (Å²) in [7, 11) is 0. The minimum absolute atomic E-state index is 0.127. The molecule has 8 heteroatoms. The molecule has 2 rings (SSSR count). The van der Waals surface area contributed by atoms with Crippen molar-refractivity contribution in [1.82, 2.24) is 0 Å². The smallest absolute Gasteiger partial charge is 0.374 e. The van der Waals surface area contributed by atoms with Crippen LogP contribution >= 0.6 is 23.2 Å². The van der Waals surface area contributed by atoms with Crippen molar-refractivity contribution in [2.75, 3.05) is 0 Å². The van der Waals surface area contributed by atoms with E-state index in [-0.39, 0.29) is 10.0 Å². The highest BCUT2D eigenvalue weighted by Crippen LogP contribution is 2.51. The third-order valence-corrected chi connectivity index (χ3v) is 3.84. The predicted molar refractivity (Wildman–Crippen MR) is 76.9 cm³/mol. The van der Waals surface area contributed by atoms with Crippen molar-refractivity contribution in [1.29, 1.82) is 0 Å². The van der Waals surface area contributed by atoms with Gasteiger partial charge in [0.2, 0.25) is 0 Å². The lowest BCUT2D eigenvalue weighted by molar-refractivity contribution is -0.336. The molecule has 0 unspecified atom stereocenters. The number of benzene rings is 2. The second kappa shape index (κ2) is 5.92. The maximum Gasteiger partial charge on any atom is 0.457 e. The lowest BCUT2D eigenvalue weighted by atomic mass is 9.80. The average molecular weight is 371 g/mol. The summed E-state index contributed by atoms with van der Waals surface area (Å²) in [6, 6.07) is 8.11. The van der Waals surface area contributed by atoms with E-state index >= 15 is 0 Å². The fourth-order valence-electron chi connectivity index (χ4n) is 2.12. The molecular formula is C15H9Cl2F5O. The van der Waals surface area contributed by atoms with Crippen LogP contribution in [0.1, 0.15) is 11.1 Å². The Kier molecular flexibility index (Phi) is 4.63. The number of aliphatic hydroxyl groups is 1. The molecule has 0 heterocycles. The number of hydrogen-bond donors (Lipinski definition) is 1. The van der Waals surface area contributed by atoms with E-state index in [2.05, 4.69) is 0 Å². The molecule has 0 aliphatic carbocycles. The minimum Gasteiger partial charge on any atom is -0.374 e. The topological polar surface area (TPSA) is 20.2 Å². The van der Waals surface area contributed by atoms with Gasteiger partial charge in [0, 0.05) is 10.0 Å². The number of halogens is 7. The maximum atomic E-state index is 14.1. The van der Waals surface area contributed by atoms with Crippen LogP contribution < -0.4 is 0 Å². The Morgan fingerprint density at radius 1 is 0.652 bits per heavy atom. The van der Waals surface area contributed by atoms with Crippen LogP contribution in [-0.2, 0) is 5.60 Å². The zero-order valence-corrected chi connectivity index (χ0v) is 12.7. The standard InChI is InChI=1S/C15H9Cl2F5O/c16-11-5-1-9(2-6-11)13(23,14(18,19)15(20,21)22)10-3-7-12(17)8-4-10/h1-8,23H. The summed E-state index contributed by atoms with van der Waals surface area (Å²) in [5.74, 6) is -5.44. The molecule has 2 aromatic rings. The third-order valence-electron chi connectivity index (χ3n) is 3.33. The summed E-state index contributed by atoms with van der Waals surface area (Å²) in [5.41, 5.74) is -4.92. The number of rotatable bonds is 3. The largest absolute Gasteiger partial charge is 0.457 e. The van der Waals surface area contributed by atoms with Crippen LogP contribution in [0.3, 0.4) is 0 Å². The molecule has 0 saturated heterocycles. The monoisotopic (exact) mass is 370 g/mol. The molecule has 1 nitrogen and oxygen atoms in total. The third kappa shape index (κ3) is 3.03. The van der Waals surface area contributed by atoms with E-state index in [1.165, 1.54) is 0 Å². The van der Waals surface area contributed by atoms with Gasteiger partial charge in [-0.15, -0.1) is 0 Å². The second-order valence-corrected chi connectivity index (χ2v) is 5.67. The van der Waals surface area contributed by atoms with Gasteiger partial charge >= 0.3 is 12.1 Å². The first kappa shape index (κ1) is 18.0. The highest BCUT2D eigenvalue weighted by Gasteiger charge is 2.71. The molecular weight excluding hydrogens is 362 g/mol. The van der Waals surface area contributed by atoms with E-state index in [1.54, 1.807) is 0 Å². The SMILES string of the molecule is OC(c1ccc(Cl)cc1)(c1ccc(Cl)cc1)C(F)(F)C(F)(F)F. The molecule has 2 aromatic carbocycles. The number of hydrogen-bond acceptors (Lipinski definition) is 1. The van der Waals surface area contributed by atoms with Gasteiger partial charge in [-0.05, 0) is 35.4 Å². The molecule has 0 amide bonds. The molecule has 23 heavy (non-hydrogen) atoms. The van der Waals surface area contributed by atoms with Crippen LogP contribution in [0.5, 0.6) is 0 Å². The van der Waals surface area contributed by atoms with Crippen LogP contribution in [-0.4, -0.2) is 17.2 Å². The Hall–Kier alpha value is -1.37. The maximum absolute atomic E-state index is 14.1. The van der Waals surface area contributed by atoms with Crippen molar-refractivity contribution in [3.05, 3.63) is 69.7 Å². The molecule has 0 aromatic heterocycles. The summed E-state index contributed by atoms with van der Waals surface area (Å²) < 4.78 is 66.9. The highest BCUT2D eigenvalue weighted by molar-refractivity contribution is 6.30. The zero-order valence-electron chi connectivity index (χ0n) is 11.2. The van der Waals surface area contributed by atoms with Crippen LogP contribution in [0.2, 0.25) is 10.0 Å². The molecule has 0 fully saturated rings. The van der Waals surface area contributed by atoms with Crippen molar-refractivity contribution in [2.24, 2.45) is 0 Å². The summed E-state index contributed by atoms with van der Waals surface area (Å²) in [6.45, 7) is 0. The van der Waals surface area contributed by atoms with E-state index in [4.69, 9.17) is 23.2 Å². The van der Waals surface area contributed by atoms with Gasteiger partial charge in [0.25, 0.3) is 0 Å². The average Bonchev–Trinajstić information content (AvgIpc) is 2.46. The van der Waals surface area contributed by atoms with E-state index in [1.807, 2.05) is 0 Å². The lowest BCUT2D eigenvalue weighted by Crippen LogP contribution is -2.55. The molecule has 0 atom stereocenters. The molecule has 1 N–H and O–H groups in total. The van der Waals surface area contributed by atoms with Crippen molar-refractivity contribution in [3.63, 3.8) is 0 Å². The first-order valence-corrected chi connectivity index (χ1v) is 6.95. The predicted octanol–water partition coefficient (Wildman–Crippen LogP) is 5.43. The first-order chi connectivity index (χ1) is 10.5. The lowest BCUT2D eigenvalue weighted by Gasteiger charge is -2.37. The van der Waals surface area contributed by atoms with E-state index in [0.717, 1.165) is 48.5 Å². The van der Waals surface area contributed by atoms with Crippen LogP contribution in [0, 0.1) is 0 Å². The van der Waals surface area contributed by atoms with Gasteiger partial charge in [0.15, 0.2) is 5.60 Å². The van der Waals surface area contributed by atoms with Gasteiger partial charge in [-0.2, -0.15) is 22.0 Å². The molecule has 0 aliphatic rings. The first-order valence-electron chi connectivity index (χ1n) is 6.19. The molecule has 0 saturated carbocycles. The fourth-order valence-corrected chi connectivity index (χ4v) is 2.37. The minimum atomic E-state index is -5.97. The quantitative estimate of drug-likeness (QED) is 0.714. The van der Waals surface area contributed by atoms with E-state index in [9.17, 15) is 27.1 Å². The molecule has 0 bridgehead atoms. The van der Waals surface area contributed by atoms with Crippen LogP contribution in [0.25, 0.3) is 0 Å². The van der Waals surface area contributed by atoms with Crippen molar-refractivity contribution >= 4 is 23.2 Å². The van der Waals surface area contributed by atoms with Gasteiger partial charge < -0.3 is 5.11 Å². The summed E-state index contributed by atoms with van der Waals surface area (Å²) in [5, 5.41) is 10.7. The van der Waals surface area contributed by atoms with Gasteiger partial charge in [-0.1, -0.05) is 47.5 Å². The number of alkyl halides is 5. The van der Waals surface area contributed by atoms with Gasteiger partial charge in [0.05, 0.1) is 0 Å². The highest BCUT2D eigenvalue weighted by atomic mass is 35.5. The molecule has 124 valence electrons. The Morgan fingerprint density at radius 2 is 0.957 bits per heavy atom. The van der Waals surface area contributed by atoms with E-state index < -0.39 is 28.8 Å². The normalized spacial score (nSPS) is 13.2. The Balaban J connectivity index is 2.73. The van der Waals surface area contributed by atoms with Crippen molar-refractivity contribution < 1.29 is 27.1 Å².